The number of benzene rings is 2. The van der Waals surface area contributed by atoms with Crippen molar-refractivity contribution in [1.82, 2.24) is 9.80 Å². The number of esters is 1. The molecular weight excluding hydrogens is 428 g/mol. The first-order valence-corrected chi connectivity index (χ1v) is 10.2. The first-order valence-electron chi connectivity index (χ1n) is 10.2. The minimum absolute atomic E-state index is 0.00223. The number of ether oxygens (including phenoxy) is 2. The Labute approximate surface area is 191 Å². The van der Waals surface area contributed by atoms with Crippen LogP contribution in [0.1, 0.15) is 27.5 Å². The first-order chi connectivity index (χ1) is 15.7. The van der Waals surface area contributed by atoms with E-state index in [0.717, 1.165) is 0 Å². The minimum Gasteiger partial charge on any atom is -0.507 e. The van der Waals surface area contributed by atoms with Crippen LogP contribution in [0.4, 0.5) is 0 Å². The van der Waals surface area contributed by atoms with Gasteiger partial charge in [-0.05, 0) is 43.9 Å². The molecule has 1 heterocycles. The Hall–Kier alpha value is -3.85. The number of rotatable bonds is 7. The van der Waals surface area contributed by atoms with Crippen LogP contribution in [0.5, 0.6) is 11.5 Å². The number of hydrogen-bond acceptors (Lipinski definition) is 8. The molecule has 0 bridgehead atoms. The van der Waals surface area contributed by atoms with Crippen LogP contribution in [-0.2, 0) is 14.3 Å². The summed E-state index contributed by atoms with van der Waals surface area (Å²) in [6.45, 7) is 0.712. The summed E-state index contributed by atoms with van der Waals surface area (Å²) in [5.74, 6) is -2.57. The number of aliphatic hydroxyl groups excluding tert-OH is 1. The average molecular weight is 454 g/mol. The van der Waals surface area contributed by atoms with Gasteiger partial charge in [-0.25, -0.2) is 4.79 Å². The van der Waals surface area contributed by atoms with Crippen LogP contribution in [0.15, 0.2) is 48.0 Å². The van der Waals surface area contributed by atoms with Crippen LogP contribution >= 0.6 is 0 Å². The lowest BCUT2D eigenvalue weighted by Gasteiger charge is -2.26. The summed E-state index contributed by atoms with van der Waals surface area (Å²) in [7, 11) is 6.38. The van der Waals surface area contributed by atoms with Gasteiger partial charge in [-0.3, -0.25) is 9.59 Å². The first kappa shape index (κ1) is 23.8. The molecule has 0 radical (unpaired) electrons. The second-order valence-corrected chi connectivity index (χ2v) is 7.79. The van der Waals surface area contributed by atoms with E-state index in [0.29, 0.717) is 23.4 Å². The largest absolute Gasteiger partial charge is 0.507 e. The van der Waals surface area contributed by atoms with Gasteiger partial charge in [0.2, 0.25) is 0 Å². The summed E-state index contributed by atoms with van der Waals surface area (Å²) >= 11 is 0. The maximum Gasteiger partial charge on any atom is 0.337 e. The second-order valence-electron chi connectivity index (χ2n) is 7.79. The highest BCUT2D eigenvalue weighted by molar-refractivity contribution is 6.46. The van der Waals surface area contributed by atoms with E-state index < -0.39 is 29.5 Å². The lowest BCUT2D eigenvalue weighted by molar-refractivity contribution is -0.140. The SMILES string of the molecule is COC(=O)c1ccc(C2C(=C(O)c3ccc(OC)cc3O)C(=O)C(=O)N2CCN(C)C)cc1. The maximum absolute atomic E-state index is 13.0. The number of methoxy groups -OCH3 is 2. The Morgan fingerprint density at radius 1 is 1.09 bits per heavy atom. The van der Waals surface area contributed by atoms with Crippen LogP contribution in [0.3, 0.4) is 0 Å². The van der Waals surface area contributed by atoms with Gasteiger partial charge in [0.15, 0.2) is 0 Å². The number of Topliss-reactive ketones (excluding diaryl/α,β-unsaturated/α-hetero) is 1. The number of carbonyl (C=O) groups excluding carboxylic acids is 3. The van der Waals surface area contributed by atoms with Crippen molar-refractivity contribution in [2.75, 3.05) is 41.4 Å². The van der Waals surface area contributed by atoms with Gasteiger partial charge in [0.1, 0.15) is 17.3 Å². The van der Waals surface area contributed by atoms with Crippen LogP contribution < -0.4 is 4.74 Å². The Morgan fingerprint density at radius 3 is 2.30 bits per heavy atom. The van der Waals surface area contributed by atoms with Crippen molar-refractivity contribution < 1.29 is 34.1 Å². The third-order valence-corrected chi connectivity index (χ3v) is 5.44. The number of hydrogen-bond donors (Lipinski definition) is 2. The van der Waals surface area contributed by atoms with Gasteiger partial charge in [-0.15, -0.1) is 0 Å². The molecule has 9 heteroatoms. The number of aliphatic hydroxyl groups is 1. The second kappa shape index (κ2) is 9.74. The van der Waals surface area contributed by atoms with Crippen molar-refractivity contribution in [3.05, 3.63) is 64.7 Å². The topological polar surface area (TPSA) is 117 Å². The summed E-state index contributed by atoms with van der Waals surface area (Å²) in [5, 5.41) is 21.4. The zero-order valence-electron chi connectivity index (χ0n) is 18.9. The number of ketones is 1. The Kier molecular flexibility index (Phi) is 7.03. The molecule has 0 saturated carbocycles. The molecule has 1 amide bonds. The van der Waals surface area contributed by atoms with E-state index in [1.54, 1.807) is 12.1 Å². The number of nitrogens with zero attached hydrogens (tertiary/aromatic N) is 2. The van der Waals surface area contributed by atoms with E-state index in [1.165, 1.54) is 49.5 Å². The molecule has 1 saturated heterocycles. The van der Waals surface area contributed by atoms with Crippen molar-refractivity contribution in [3.63, 3.8) is 0 Å². The normalized spacial score (nSPS) is 17.5. The number of likely N-dealkylation sites (tertiary alicyclic amines) is 1. The molecular formula is C24H26N2O7. The molecule has 1 aliphatic heterocycles. The van der Waals surface area contributed by atoms with E-state index in [1.807, 2.05) is 19.0 Å². The fourth-order valence-electron chi connectivity index (χ4n) is 3.67. The van der Waals surface area contributed by atoms with Crippen LogP contribution in [0, 0.1) is 0 Å². The summed E-state index contributed by atoms with van der Waals surface area (Å²) in [6.07, 6.45) is 0. The zero-order valence-corrected chi connectivity index (χ0v) is 18.9. The third-order valence-electron chi connectivity index (χ3n) is 5.44. The van der Waals surface area contributed by atoms with Crippen LogP contribution in [0.25, 0.3) is 5.76 Å². The predicted octanol–water partition coefficient (Wildman–Crippen LogP) is 2.17. The Balaban J connectivity index is 2.15. The van der Waals surface area contributed by atoms with Crippen molar-refractivity contribution in [2.45, 2.75) is 6.04 Å². The molecule has 33 heavy (non-hydrogen) atoms. The minimum atomic E-state index is -0.904. The van der Waals surface area contributed by atoms with Gasteiger partial charge in [-0.2, -0.15) is 0 Å². The Bertz CT molecular complexity index is 1110. The third kappa shape index (κ3) is 4.68. The molecule has 1 unspecified atom stereocenters. The van der Waals surface area contributed by atoms with Gasteiger partial charge < -0.3 is 29.5 Å². The number of aromatic hydroxyl groups is 1. The highest BCUT2D eigenvalue weighted by Gasteiger charge is 2.46. The van der Waals surface area contributed by atoms with E-state index in [2.05, 4.69) is 0 Å². The molecule has 9 nitrogen and oxygen atoms in total. The fraction of sp³-hybridized carbons (Fsp3) is 0.292. The lowest BCUT2D eigenvalue weighted by Crippen LogP contribution is -2.35. The molecule has 0 spiro atoms. The van der Waals surface area contributed by atoms with Gasteiger partial charge in [-0.1, -0.05) is 12.1 Å². The summed E-state index contributed by atoms with van der Waals surface area (Å²) in [4.78, 5) is 41.0. The highest BCUT2D eigenvalue weighted by atomic mass is 16.5. The molecule has 2 N–H and O–H groups in total. The van der Waals surface area contributed by atoms with Crippen molar-refractivity contribution in [3.8, 4) is 11.5 Å². The van der Waals surface area contributed by atoms with Crippen molar-refractivity contribution in [1.29, 1.82) is 0 Å². The molecule has 1 fully saturated rings. The number of phenolic OH excluding ortho intramolecular Hbond substituents is 1. The molecule has 2 aromatic carbocycles. The molecule has 174 valence electrons. The number of carbonyl (C=O) groups is 3. The van der Waals surface area contributed by atoms with Crippen LogP contribution in [0.2, 0.25) is 0 Å². The monoisotopic (exact) mass is 454 g/mol. The summed E-state index contributed by atoms with van der Waals surface area (Å²) in [5.41, 5.74) is 0.678. The van der Waals surface area contributed by atoms with E-state index >= 15 is 0 Å². The molecule has 1 atom stereocenters. The number of likely N-dealkylation sites (N-methyl/N-ethyl adjacent to an activating group) is 1. The van der Waals surface area contributed by atoms with E-state index in [4.69, 9.17) is 9.47 Å². The smallest absolute Gasteiger partial charge is 0.337 e. The highest BCUT2D eigenvalue weighted by Crippen LogP contribution is 2.41. The van der Waals surface area contributed by atoms with Gasteiger partial charge in [0.05, 0.1) is 37.0 Å². The van der Waals surface area contributed by atoms with Gasteiger partial charge in [0, 0.05) is 19.2 Å². The van der Waals surface area contributed by atoms with E-state index in [9.17, 15) is 24.6 Å². The zero-order chi connectivity index (χ0) is 24.3. The summed E-state index contributed by atoms with van der Waals surface area (Å²) in [6, 6.07) is 9.59. The Morgan fingerprint density at radius 2 is 1.76 bits per heavy atom. The predicted molar refractivity (Wildman–Crippen MR) is 120 cm³/mol. The fourth-order valence-corrected chi connectivity index (χ4v) is 3.67. The van der Waals surface area contributed by atoms with E-state index in [-0.39, 0.29) is 23.4 Å². The maximum atomic E-state index is 13.0. The van der Waals surface area contributed by atoms with Crippen molar-refractivity contribution >= 4 is 23.4 Å². The molecule has 1 aliphatic rings. The number of amides is 1. The summed E-state index contributed by atoms with van der Waals surface area (Å²) < 4.78 is 9.79. The van der Waals surface area contributed by atoms with Crippen LogP contribution in [-0.4, -0.2) is 79.1 Å². The van der Waals surface area contributed by atoms with Gasteiger partial charge in [0.25, 0.3) is 11.7 Å². The van der Waals surface area contributed by atoms with Crippen molar-refractivity contribution in [2.24, 2.45) is 0 Å². The van der Waals surface area contributed by atoms with Gasteiger partial charge >= 0.3 is 5.97 Å². The molecule has 0 aromatic heterocycles. The average Bonchev–Trinajstić information content (AvgIpc) is 3.06. The quantitative estimate of drug-likeness (QED) is 0.283. The molecule has 2 aromatic rings. The number of phenols is 1. The molecule has 0 aliphatic carbocycles. The standard InChI is InChI=1S/C24H26N2O7/c1-25(2)11-12-26-20(14-5-7-15(8-6-14)24(31)33-4)19(22(29)23(26)30)21(28)17-10-9-16(32-3)13-18(17)27/h5-10,13,20,27-28H,11-12H2,1-4H3. The lowest BCUT2D eigenvalue weighted by atomic mass is 9.94. The molecule has 3 rings (SSSR count).